The van der Waals surface area contributed by atoms with Crippen LogP contribution in [0.5, 0.6) is 0 Å². The zero-order valence-electron chi connectivity index (χ0n) is 4.23. The predicted octanol–water partition coefficient (Wildman–Crippen LogP) is 2.33. The summed E-state index contributed by atoms with van der Waals surface area (Å²) in [7, 11) is 0. The normalized spacial score (nSPS) is 14.2. The van der Waals surface area contributed by atoms with E-state index in [-0.39, 0.29) is 13.2 Å². The molecule has 1 nitrogen and oxygen atoms in total. The molecular weight excluding hydrogens is 307 g/mol. The largest absolute Gasteiger partial charge is 0.275 e. The second kappa shape index (κ2) is 8.60. The Labute approximate surface area is 74.4 Å². The van der Waals surface area contributed by atoms with Crippen molar-refractivity contribution in [3.05, 3.63) is 0 Å². The van der Waals surface area contributed by atoms with Crippen molar-refractivity contribution in [1.82, 2.24) is 0 Å². The minimum atomic E-state index is -0.250. The van der Waals surface area contributed by atoms with Crippen molar-refractivity contribution in [2.45, 2.75) is 0 Å². The maximum atomic E-state index is 3.80. The Morgan fingerprint density at radius 2 is 2.25 bits per heavy atom. The van der Waals surface area contributed by atoms with Gasteiger partial charge in [0.25, 0.3) is 0 Å². The molecule has 0 N–H and O–H groups in total. The van der Waals surface area contributed by atoms with Gasteiger partial charge >= 0.3 is 40.5 Å². The van der Waals surface area contributed by atoms with E-state index < -0.39 is 0 Å². The van der Waals surface area contributed by atoms with Gasteiger partial charge in [-0.05, 0) is 0 Å². The van der Waals surface area contributed by atoms with Crippen LogP contribution >= 0.6 is 39.0 Å². The predicted molar refractivity (Wildman–Crippen MR) is 42.6 cm³/mol. The van der Waals surface area contributed by atoms with Gasteiger partial charge in [0.05, 0.1) is 0 Å². The van der Waals surface area contributed by atoms with E-state index in [1.165, 1.54) is 0 Å². The fourth-order valence-corrected chi connectivity index (χ4v) is 0.685. The standard InChI is InChI=1S/C3H4NS.2BrH.Zn/c1-2-5-3-4-1;;;/h1-2H2;2*1H;/q;;;+2/p-2. The Kier molecular flexibility index (Phi) is 10.3. The van der Waals surface area contributed by atoms with Gasteiger partial charge in [-0.3, -0.25) is 4.99 Å². The zero-order chi connectivity index (χ0) is 6.24. The van der Waals surface area contributed by atoms with E-state index in [1.807, 2.05) is 0 Å². The summed E-state index contributed by atoms with van der Waals surface area (Å²) in [5, 5.41) is 0. The van der Waals surface area contributed by atoms with Crippen molar-refractivity contribution >= 4 is 44.6 Å². The molecular formula is C3H4Br2NSZn. The molecule has 1 rings (SSSR count). The first-order valence-corrected chi connectivity index (χ1v) is 17.0. The summed E-state index contributed by atoms with van der Waals surface area (Å²) < 4.78 is 0. The van der Waals surface area contributed by atoms with Gasteiger partial charge in [-0.2, -0.15) is 0 Å². The fraction of sp³-hybridized carbons (Fsp3) is 0.667. The number of aliphatic imine (C=N–C) groups is 1. The van der Waals surface area contributed by atoms with Crippen molar-refractivity contribution in [2.24, 2.45) is 4.99 Å². The third-order valence-electron chi connectivity index (χ3n) is 0.434. The van der Waals surface area contributed by atoms with Crippen LogP contribution in [0, 0.1) is 0 Å². The van der Waals surface area contributed by atoms with Crippen LogP contribution in [0.2, 0.25) is 0 Å². The van der Waals surface area contributed by atoms with E-state index >= 15 is 0 Å². The van der Waals surface area contributed by atoms with Crippen LogP contribution in [0.1, 0.15) is 0 Å². The molecule has 0 aromatic carbocycles. The van der Waals surface area contributed by atoms with E-state index in [9.17, 15) is 0 Å². The number of hydrogen-bond acceptors (Lipinski definition) is 2. The first-order chi connectivity index (χ1) is 3.91. The molecule has 0 bridgehead atoms. The van der Waals surface area contributed by atoms with Crippen LogP contribution in [-0.2, 0) is 13.2 Å². The zero-order valence-corrected chi connectivity index (χ0v) is 11.2. The number of rotatable bonds is 0. The Balaban J connectivity index is 0.000000145. The average molecular weight is 311 g/mol. The van der Waals surface area contributed by atoms with Crippen LogP contribution in [0.15, 0.2) is 4.99 Å². The van der Waals surface area contributed by atoms with Crippen molar-refractivity contribution in [1.29, 1.82) is 0 Å². The van der Waals surface area contributed by atoms with Gasteiger partial charge in [0, 0.05) is 12.3 Å². The van der Waals surface area contributed by atoms with Gasteiger partial charge in [0.2, 0.25) is 0 Å². The molecule has 8 heavy (non-hydrogen) atoms. The molecule has 5 heteroatoms. The Bertz CT molecular complexity index is 64.3. The molecule has 0 fully saturated rings. The SMILES string of the molecule is [Br][Zn][Br].[C]1=NCCS1. The van der Waals surface area contributed by atoms with Crippen LogP contribution in [-0.4, -0.2) is 17.8 Å². The molecule has 0 saturated carbocycles. The molecule has 0 atom stereocenters. The average Bonchev–Trinajstić information content (AvgIpc) is 2.17. The van der Waals surface area contributed by atoms with E-state index in [1.54, 1.807) is 11.8 Å². The summed E-state index contributed by atoms with van der Waals surface area (Å²) in [4.78, 5) is 3.80. The summed E-state index contributed by atoms with van der Waals surface area (Å²) in [5.41, 5.74) is 2.76. The van der Waals surface area contributed by atoms with Crippen molar-refractivity contribution < 1.29 is 13.2 Å². The minimum Gasteiger partial charge on any atom is -0.275 e. The molecule has 0 aromatic heterocycles. The van der Waals surface area contributed by atoms with Gasteiger partial charge < -0.3 is 0 Å². The van der Waals surface area contributed by atoms with E-state index in [0.29, 0.717) is 0 Å². The van der Waals surface area contributed by atoms with E-state index in [4.69, 9.17) is 0 Å². The molecule has 0 spiro atoms. The molecule has 1 radical (unpaired) electrons. The van der Waals surface area contributed by atoms with E-state index in [2.05, 4.69) is 37.8 Å². The quantitative estimate of drug-likeness (QED) is 0.626. The Morgan fingerprint density at radius 3 is 2.38 bits per heavy atom. The van der Waals surface area contributed by atoms with Crippen LogP contribution in [0.4, 0.5) is 0 Å². The summed E-state index contributed by atoms with van der Waals surface area (Å²) in [5.74, 6) is 1.14. The van der Waals surface area contributed by atoms with Crippen LogP contribution in [0.3, 0.4) is 0 Å². The van der Waals surface area contributed by atoms with Gasteiger partial charge in [-0.15, -0.1) is 11.8 Å². The molecule has 1 aliphatic heterocycles. The number of hydrogen-bond donors (Lipinski definition) is 0. The first kappa shape index (κ1) is 9.60. The molecule has 1 aliphatic rings. The van der Waals surface area contributed by atoms with E-state index in [0.717, 1.165) is 12.3 Å². The number of halogens is 2. The first-order valence-electron chi connectivity index (χ1n) is 2.07. The number of thioether (sulfide) groups is 1. The smallest absolute Gasteiger partial charge is 0.122 e. The van der Waals surface area contributed by atoms with Crippen LogP contribution in [0.25, 0.3) is 0 Å². The molecule has 0 amide bonds. The van der Waals surface area contributed by atoms with Gasteiger partial charge in [-0.1, -0.05) is 0 Å². The minimum absolute atomic E-state index is 0.250. The van der Waals surface area contributed by atoms with Gasteiger partial charge in [-0.25, -0.2) is 0 Å². The summed E-state index contributed by atoms with van der Waals surface area (Å²) in [6.07, 6.45) is 0. The Hall–Kier alpha value is 1.60. The van der Waals surface area contributed by atoms with Gasteiger partial charge in [0.1, 0.15) is 5.55 Å². The monoisotopic (exact) mass is 308 g/mol. The second-order valence-corrected chi connectivity index (χ2v) is 15.9. The molecule has 0 unspecified atom stereocenters. The second-order valence-electron chi connectivity index (χ2n) is 0.922. The third-order valence-corrected chi connectivity index (χ3v) is 1.08. The molecule has 0 saturated heterocycles. The molecule has 43 valence electrons. The van der Waals surface area contributed by atoms with Crippen molar-refractivity contribution in [2.75, 3.05) is 12.3 Å². The Morgan fingerprint density at radius 1 is 1.62 bits per heavy atom. The van der Waals surface area contributed by atoms with Crippen molar-refractivity contribution in [3.8, 4) is 0 Å². The van der Waals surface area contributed by atoms with Crippen LogP contribution < -0.4 is 0 Å². The number of nitrogens with zero attached hydrogens (tertiary/aromatic N) is 1. The molecule has 0 aromatic rings. The maximum Gasteiger partial charge on any atom is 0.122 e. The topological polar surface area (TPSA) is 12.4 Å². The summed E-state index contributed by atoms with van der Waals surface area (Å²) in [6, 6.07) is 0. The van der Waals surface area contributed by atoms with Gasteiger partial charge in [0.15, 0.2) is 0 Å². The third kappa shape index (κ3) is 7.60. The van der Waals surface area contributed by atoms with Crippen molar-refractivity contribution in [3.63, 3.8) is 0 Å². The maximum absolute atomic E-state index is 3.80. The molecule has 0 aliphatic carbocycles. The summed E-state index contributed by atoms with van der Waals surface area (Å²) >= 11 is 7.91. The summed E-state index contributed by atoms with van der Waals surface area (Å²) in [6.45, 7) is 0.977. The fourth-order valence-electron chi connectivity index (χ4n) is 0.228. The molecule has 1 heterocycles.